The van der Waals surface area contributed by atoms with Crippen LogP contribution >= 0.6 is 0 Å². The number of nitrogens with one attached hydrogen (secondary N) is 3. The number of carbonyl (C=O) groups excluding carboxylic acids is 1. The molecule has 0 saturated carbocycles. The average molecular weight is 233 g/mol. The quantitative estimate of drug-likeness (QED) is 0.630. The number of hydrogen-bond acceptors (Lipinski definition) is 4. The van der Waals surface area contributed by atoms with Gasteiger partial charge in [0.25, 0.3) is 0 Å². The van der Waals surface area contributed by atoms with Crippen LogP contribution in [-0.2, 0) is 17.8 Å². The van der Waals surface area contributed by atoms with Gasteiger partial charge in [-0.25, -0.2) is 4.98 Å². The van der Waals surface area contributed by atoms with E-state index in [-0.39, 0.29) is 11.9 Å². The largest absolute Gasteiger partial charge is 0.355 e. The predicted octanol–water partition coefficient (Wildman–Crippen LogP) is -0.156. The van der Waals surface area contributed by atoms with Gasteiger partial charge in [-0.1, -0.05) is 0 Å². The summed E-state index contributed by atoms with van der Waals surface area (Å²) in [6.07, 6.45) is 3.44. The Kier molecular flexibility index (Phi) is 3.73. The Morgan fingerprint density at radius 2 is 2.59 bits per heavy atom. The second-order valence-electron chi connectivity index (χ2n) is 4.02. The minimum atomic E-state index is -0.215. The molecule has 1 amide bonds. The van der Waals surface area contributed by atoms with Crippen LogP contribution in [0.3, 0.4) is 0 Å². The minimum absolute atomic E-state index is 0.0170. The lowest BCUT2D eigenvalue weighted by molar-refractivity contribution is -0.123. The summed E-state index contributed by atoms with van der Waals surface area (Å²) in [7, 11) is 0. The lowest BCUT2D eigenvalue weighted by atomic mass is 10.0. The monoisotopic (exact) mass is 233 g/mol. The van der Waals surface area contributed by atoms with Crippen molar-refractivity contribution in [2.24, 2.45) is 0 Å². The van der Waals surface area contributed by atoms with Crippen molar-refractivity contribution in [2.75, 3.05) is 6.54 Å². The molecular formula is C11H15N5O. The molecule has 90 valence electrons. The molecule has 6 nitrogen and oxygen atoms in total. The first-order chi connectivity index (χ1) is 8.31. The maximum absolute atomic E-state index is 11.8. The first kappa shape index (κ1) is 11.6. The molecule has 2 rings (SSSR count). The first-order valence-corrected chi connectivity index (χ1v) is 5.70. The van der Waals surface area contributed by atoms with Crippen molar-refractivity contribution in [2.45, 2.75) is 31.8 Å². The standard InChI is InChI=1S/C11H15N5O/c12-3-1-2-4-13-11(17)9-5-8-10(6-14-9)16-7-15-8/h7,9,14H,1-2,4-6H2,(H,13,17)(H,15,16). The summed E-state index contributed by atoms with van der Waals surface area (Å²) >= 11 is 0. The zero-order chi connectivity index (χ0) is 12.1. The number of amides is 1. The highest BCUT2D eigenvalue weighted by molar-refractivity contribution is 5.82. The molecule has 1 aliphatic heterocycles. The molecule has 0 aliphatic carbocycles. The Labute approximate surface area is 99.4 Å². The summed E-state index contributed by atoms with van der Waals surface area (Å²) in [5, 5.41) is 14.4. The zero-order valence-electron chi connectivity index (χ0n) is 9.49. The van der Waals surface area contributed by atoms with E-state index in [4.69, 9.17) is 5.26 Å². The number of hydrogen-bond donors (Lipinski definition) is 3. The third-order valence-electron chi connectivity index (χ3n) is 2.81. The fourth-order valence-corrected chi connectivity index (χ4v) is 1.86. The molecule has 17 heavy (non-hydrogen) atoms. The molecule has 2 heterocycles. The summed E-state index contributed by atoms with van der Waals surface area (Å²) in [6.45, 7) is 1.20. The summed E-state index contributed by atoms with van der Waals surface area (Å²) in [4.78, 5) is 19.0. The molecule has 0 radical (unpaired) electrons. The highest BCUT2D eigenvalue weighted by atomic mass is 16.2. The number of nitriles is 1. The molecule has 0 aromatic carbocycles. The molecular weight excluding hydrogens is 218 g/mol. The number of fused-ring (bicyclic) bond motifs is 1. The van der Waals surface area contributed by atoms with Gasteiger partial charge in [-0.15, -0.1) is 0 Å². The Hall–Kier alpha value is -1.87. The normalized spacial score (nSPS) is 18.2. The Bertz CT molecular complexity index is 433. The minimum Gasteiger partial charge on any atom is -0.355 e. The van der Waals surface area contributed by atoms with Gasteiger partial charge in [0.05, 0.1) is 29.8 Å². The van der Waals surface area contributed by atoms with Gasteiger partial charge < -0.3 is 10.3 Å². The summed E-state index contributed by atoms with van der Waals surface area (Å²) in [6, 6.07) is 1.83. The Balaban J connectivity index is 1.80. The van der Waals surface area contributed by atoms with Crippen molar-refractivity contribution >= 4 is 5.91 Å². The van der Waals surface area contributed by atoms with Crippen LogP contribution in [0.1, 0.15) is 24.2 Å². The van der Waals surface area contributed by atoms with Crippen molar-refractivity contribution < 1.29 is 4.79 Å². The average Bonchev–Trinajstić information content (AvgIpc) is 2.81. The lowest BCUT2D eigenvalue weighted by Crippen LogP contribution is -2.47. The van der Waals surface area contributed by atoms with Gasteiger partial charge in [-0.3, -0.25) is 10.1 Å². The topological polar surface area (TPSA) is 93.6 Å². The molecule has 1 unspecified atom stereocenters. The maximum atomic E-state index is 11.8. The van der Waals surface area contributed by atoms with E-state index in [0.29, 0.717) is 32.4 Å². The van der Waals surface area contributed by atoms with Crippen molar-refractivity contribution in [3.63, 3.8) is 0 Å². The number of rotatable bonds is 4. The molecule has 1 aliphatic rings. The van der Waals surface area contributed by atoms with E-state index in [0.717, 1.165) is 11.4 Å². The predicted molar refractivity (Wildman–Crippen MR) is 60.8 cm³/mol. The zero-order valence-corrected chi connectivity index (χ0v) is 9.49. The summed E-state index contributed by atoms with van der Waals surface area (Å²) in [5.74, 6) is -0.0170. The van der Waals surface area contributed by atoms with Crippen molar-refractivity contribution in [1.82, 2.24) is 20.6 Å². The van der Waals surface area contributed by atoms with E-state index in [1.165, 1.54) is 0 Å². The van der Waals surface area contributed by atoms with E-state index in [1.807, 2.05) is 6.07 Å². The summed E-state index contributed by atoms with van der Waals surface area (Å²) in [5.41, 5.74) is 2.01. The van der Waals surface area contributed by atoms with Gasteiger partial charge in [-0.2, -0.15) is 5.26 Å². The molecule has 3 N–H and O–H groups in total. The third kappa shape index (κ3) is 2.82. The Morgan fingerprint density at radius 3 is 3.41 bits per heavy atom. The van der Waals surface area contributed by atoms with E-state index < -0.39 is 0 Å². The number of nitrogens with zero attached hydrogens (tertiary/aromatic N) is 2. The second kappa shape index (κ2) is 5.46. The summed E-state index contributed by atoms with van der Waals surface area (Å²) < 4.78 is 0. The fraction of sp³-hybridized carbons (Fsp3) is 0.545. The van der Waals surface area contributed by atoms with Crippen LogP contribution < -0.4 is 10.6 Å². The van der Waals surface area contributed by atoms with Crippen LogP contribution in [0.4, 0.5) is 0 Å². The van der Waals surface area contributed by atoms with Crippen LogP contribution in [0.15, 0.2) is 6.33 Å². The highest BCUT2D eigenvalue weighted by Gasteiger charge is 2.25. The molecule has 0 fully saturated rings. The fourth-order valence-electron chi connectivity index (χ4n) is 1.86. The van der Waals surface area contributed by atoms with Crippen LogP contribution in [0, 0.1) is 11.3 Å². The molecule has 6 heteroatoms. The molecule has 1 aromatic heterocycles. The lowest BCUT2D eigenvalue weighted by Gasteiger charge is -2.22. The number of unbranched alkanes of at least 4 members (excludes halogenated alkanes) is 1. The van der Waals surface area contributed by atoms with Gasteiger partial charge >= 0.3 is 0 Å². The van der Waals surface area contributed by atoms with Crippen LogP contribution in [0.25, 0.3) is 0 Å². The number of H-pyrrole nitrogens is 1. The Morgan fingerprint density at radius 1 is 1.71 bits per heavy atom. The van der Waals surface area contributed by atoms with Crippen molar-refractivity contribution in [3.8, 4) is 6.07 Å². The highest BCUT2D eigenvalue weighted by Crippen LogP contribution is 2.11. The number of carbonyl (C=O) groups is 1. The second-order valence-corrected chi connectivity index (χ2v) is 4.02. The number of aromatic amines is 1. The van der Waals surface area contributed by atoms with E-state index in [9.17, 15) is 4.79 Å². The van der Waals surface area contributed by atoms with Gasteiger partial charge in [-0.05, 0) is 6.42 Å². The number of aromatic nitrogens is 2. The smallest absolute Gasteiger partial charge is 0.237 e. The SMILES string of the molecule is N#CCCCNC(=O)C1Cc2nc[nH]c2CN1. The molecule has 1 atom stereocenters. The van der Waals surface area contributed by atoms with E-state index in [2.05, 4.69) is 20.6 Å². The van der Waals surface area contributed by atoms with Crippen LogP contribution in [0.5, 0.6) is 0 Å². The van der Waals surface area contributed by atoms with Crippen LogP contribution in [-0.4, -0.2) is 28.5 Å². The van der Waals surface area contributed by atoms with Gasteiger partial charge in [0, 0.05) is 25.9 Å². The van der Waals surface area contributed by atoms with Gasteiger partial charge in [0.2, 0.25) is 5.91 Å². The molecule has 0 spiro atoms. The van der Waals surface area contributed by atoms with Crippen molar-refractivity contribution in [3.05, 3.63) is 17.7 Å². The van der Waals surface area contributed by atoms with E-state index >= 15 is 0 Å². The maximum Gasteiger partial charge on any atom is 0.237 e. The first-order valence-electron chi connectivity index (χ1n) is 5.70. The molecule has 0 bridgehead atoms. The van der Waals surface area contributed by atoms with E-state index in [1.54, 1.807) is 6.33 Å². The molecule has 1 aromatic rings. The van der Waals surface area contributed by atoms with Crippen molar-refractivity contribution in [1.29, 1.82) is 5.26 Å². The van der Waals surface area contributed by atoms with Crippen LogP contribution in [0.2, 0.25) is 0 Å². The molecule has 0 saturated heterocycles. The van der Waals surface area contributed by atoms with Gasteiger partial charge in [0.1, 0.15) is 0 Å². The van der Waals surface area contributed by atoms with Gasteiger partial charge in [0.15, 0.2) is 0 Å². The third-order valence-corrected chi connectivity index (χ3v) is 2.81. The number of imidazole rings is 1.